The van der Waals surface area contributed by atoms with Crippen molar-refractivity contribution in [3.8, 4) is 0 Å². The second kappa shape index (κ2) is 8.29. The molecule has 0 bridgehead atoms. The third-order valence-electron chi connectivity index (χ3n) is 3.03. The molecule has 18 heavy (non-hydrogen) atoms. The number of hydrogen-bond acceptors (Lipinski definition) is 4. The topological polar surface area (TPSA) is 72.1 Å². The van der Waals surface area contributed by atoms with Crippen molar-refractivity contribution in [1.29, 1.82) is 0 Å². The lowest BCUT2D eigenvalue weighted by atomic mass is 10.0. The fraction of sp³-hybridized carbons (Fsp3) is 0.917. The van der Waals surface area contributed by atoms with Gasteiger partial charge in [-0.3, -0.25) is 5.43 Å². The summed E-state index contributed by atoms with van der Waals surface area (Å²) < 4.78 is 10.5. The molecule has 1 saturated heterocycles. The van der Waals surface area contributed by atoms with E-state index < -0.39 is 0 Å². The third-order valence-corrected chi connectivity index (χ3v) is 3.03. The average Bonchev–Trinajstić information content (AvgIpc) is 2.37. The molecule has 0 aromatic carbocycles. The van der Waals surface area contributed by atoms with Crippen LogP contribution in [0.2, 0.25) is 0 Å². The van der Waals surface area contributed by atoms with Crippen LogP contribution in [0.3, 0.4) is 0 Å². The standard InChI is InChI=1S/C12H26N4O2/c1-10(8-17-3)14-12(15-13)16(2)7-11-5-4-6-18-9-11/h10-11H,4-9,13H2,1-3H3,(H,14,15). The lowest BCUT2D eigenvalue weighted by Crippen LogP contribution is -2.46. The minimum Gasteiger partial charge on any atom is -0.382 e. The van der Waals surface area contributed by atoms with E-state index in [9.17, 15) is 0 Å². The van der Waals surface area contributed by atoms with Gasteiger partial charge in [0.25, 0.3) is 0 Å². The summed E-state index contributed by atoms with van der Waals surface area (Å²) in [5, 5.41) is 0. The number of nitrogens with zero attached hydrogens (tertiary/aromatic N) is 2. The minimum atomic E-state index is 0.0890. The molecule has 6 heteroatoms. The maximum absolute atomic E-state index is 5.53. The highest BCUT2D eigenvalue weighted by atomic mass is 16.5. The second-order valence-electron chi connectivity index (χ2n) is 4.87. The van der Waals surface area contributed by atoms with E-state index in [1.807, 2.05) is 18.9 Å². The molecule has 1 aliphatic heterocycles. The summed E-state index contributed by atoms with van der Waals surface area (Å²) in [5.41, 5.74) is 2.66. The van der Waals surface area contributed by atoms with E-state index in [-0.39, 0.29) is 6.04 Å². The van der Waals surface area contributed by atoms with E-state index in [4.69, 9.17) is 15.3 Å². The van der Waals surface area contributed by atoms with Crippen LogP contribution in [0.4, 0.5) is 0 Å². The number of aliphatic imine (C=N–C) groups is 1. The Morgan fingerprint density at radius 2 is 2.44 bits per heavy atom. The molecule has 1 fully saturated rings. The molecule has 1 rings (SSSR count). The first-order chi connectivity index (χ1) is 8.67. The van der Waals surface area contributed by atoms with Crippen molar-refractivity contribution in [2.24, 2.45) is 16.8 Å². The Morgan fingerprint density at radius 3 is 3.00 bits per heavy atom. The van der Waals surface area contributed by atoms with Crippen LogP contribution in [0.25, 0.3) is 0 Å². The highest BCUT2D eigenvalue weighted by molar-refractivity contribution is 5.79. The molecule has 0 saturated carbocycles. The van der Waals surface area contributed by atoms with Gasteiger partial charge in [-0.15, -0.1) is 0 Å². The molecule has 2 unspecified atom stereocenters. The van der Waals surface area contributed by atoms with Gasteiger partial charge in [0.05, 0.1) is 19.3 Å². The van der Waals surface area contributed by atoms with Gasteiger partial charge >= 0.3 is 0 Å². The van der Waals surface area contributed by atoms with E-state index in [0.29, 0.717) is 18.5 Å². The molecule has 1 heterocycles. The maximum Gasteiger partial charge on any atom is 0.208 e. The highest BCUT2D eigenvalue weighted by Gasteiger charge is 2.17. The number of nitrogens with one attached hydrogen (secondary N) is 1. The molecule has 0 aromatic rings. The third kappa shape index (κ3) is 5.20. The van der Waals surface area contributed by atoms with Crippen molar-refractivity contribution in [1.82, 2.24) is 10.3 Å². The zero-order valence-electron chi connectivity index (χ0n) is 11.7. The van der Waals surface area contributed by atoms with Crippen molar-refractivity contribution in [3.05, 3.63) is 0 Å². The Kier molecular flexibility index (Phi) is 7.00. The van der Waals surface area contributed by atoms with Gasteiger partial charge < -0.3 is 14.4 Å². The lowest BCUT2D eigenvalue weighted by molar-refractivity contribution is 0.0482. The Hall–Kier alpha value is -0.850. The van der Waals surface area contributed by atoms with Crippen LogP contribution in [0.5, 0.6) is 0 Å². The Bertz CT molecular complexity index is 254. The van der Waals surface area contributed by atoms with Crippen molar-refractivity contribution >= 4 is 5.96 Å². The first-order valence-electron chi connectivity index (χ1n) is 6.49. The summed E-state index contributed by atoms with van der Waals surface area (Å²) in [4.78, 5) is 6.54. The van der Waals surface area contributed by atoms with Crippen molar-refractivity contribution in [2.45, 2.75) is 25.8 Å². The zero-order valence-corrected chi connectivity index (χ0v) is 11.7. The fourth-order valence-electron chi connectivity index (χ4n) is 2.16. The fourth-order valence-corrected chi connectivity index (χ4v) is 2.16. The Morgan fingerprint density at radius 1 is 1.67 bits per heavy atom. The molecule has 0 amide bonds. The second-order valence-corrected chi connectivity index (χ2v) is 4.87. The van der Waals surface area contributed by atoms with Crippen LogP contribution in [-0.4, -0.2) is 57.4 Å². The number of hydrazine groups is 1. The number of rotatable bonds is 5. The molecular formula is C12H26N4O2. The van der Waals surface area contributed by atoms with Crippen LogP contribution in [-0.2, 0) is 9.47 Å². The summed E-state index contributed by atoms with van der Waals surface area (Å²) >= 11 is 0. The van der Waals surface area contributed by atoms with Gasteiger partial charge in [0, 0.05) is 27.3 Å². The Balaban J connectivity index is 2.47. The first-order valence-corrected chi connectivity index (χ1v) is 6.49. The predicted molar refractivity (Wildman–Crippen MR) is 72.3 cm³/mol. The van der Waals surface area contributed by atoms with Crippen LogP contribution < -0.4 is 11.3 Å². The van der Waals surface area contributed by atoms with Gasteiger partial charge in [-0.2, -0.15) is 0 Å². The summed E-state index contributed by atoms with van der Waals surface area (Å²) in [7, 11) is 3.66. The first kappa shape index (κ1) is 15.2. The van der Waals surface area contributed by atoms with Gasteiger partial charge in [-0.25, -0.2) is 10.8 Å². The average molecular weight is 258 g/mol. The number of methoxy groups -OCH3 is 1. The maximum atomic E-state index is 5.53. The molecule has 2 atom stereocenters. The molecule has 6 nitrogen and oxygen atoms in total. The molecule has 0 spiro atoms. The van der Waals surface area contributed by atoms with E-state index in [1.54, 1.807) is 7.11 Å². The van der Waals surface area contributed by atoms with E-state index in [0.717, 1.165) is 26.2 Å². The zero-order chi connectivity index (χ0) is 13.4. The Labute approximate surface area is 109 Å². The molecule has 0 aromatic heterocycles. The predicted octanol–water partition coefficient (Wildman–Crippen LogP) is 0.199. The van der Waals surface area contributed by atoms with Crippen LogP contribution in [0, 0.1) is 5.92 Å². The van der Waals surface area contributed by atoms with Crippen LogP contribution in [0.1, 0.15) is 19.8 Å². The quantitative estimate of drug-likeness (QED) is 0.319. The molecule has 3 N–H and O–H groups in total. The van der Waals surface area contributed by atoms with Crippen molar-refractivity contribution in [3.63, 3.8) is 0 Å². The molecular weight excluding hydrogens is 232 g/mol. The van der Waals surface area contributed by atoms with Gasteiger partial charge in [0.15, 0.2) is 0 Å². The normalized spacial score (nSPS) is 22.7. The molecule has 1 aliphatic rings. The minimum absolute atomic E-state index is 0.0890. The van der Waals surface area contributed by atoms with Crippen LogP contribution >= 0.6 is 0 Å². The van der Waals surface area contributed by atoms with E-state index >= 15 is 0 Å². The monoisotopic (exact) mass is 258 g/mol. The smallest absolute Gasteiger partial charge is 0.208 e. The molecule has 0 radical (unpaired) electrons. The number of nitrogens with two attached hydrogens (primary N) is 1. The van der Waals surface area contributed by atoms with Crippen LogP contribution in [0.15, 0.2) is 4.99 Å². The summed E-state index contributed by atoms with van der Waals surface area (Å²) in [6.07, 6.45) is 2.34. The number of guanidine groups is 1. The van der Waals surface area contributed by atoms with Gasteiger partial charge in [-0.1, -0.05) is 0 Å². The molecule has 0 aliphatic carbocycles. The van der Waals surface area contributed by atoms with Crippen molar-refractivity contribution in [2.75, 3.05) is 40.5 Å². The van der Waals surface area contributed by atoms with Gasteiger partial charge in [0.1, 0.15) is 0 Å². The lowest BCUT2D eigenvalue weighted by Gasteiger charge is -2.29. The van der Waals surface area contributed by atoms with E-state index in [2.05, 4.69) is 10.4 Å². The summed E-state index contributed by atoms with van der Waals surface area (Å²) in [5.74, 6) is 6.78. The summed E-state index contributed by atoms with van der Waals surface area (Å²) in [6.45, 7) is 5.21. The SMILES string of the molecule is COCC(C)N=C(NN)N(C)CC1CCCOC1. The van der Waals surface area contributed by atoms with Gasteiger partial charge in [0.2, 0.25) is 5.96 Å². The largest absolute Gasteiger partial charge is 0.382 e. The number of ether oxygens (including phenoxy) is 2. The van der Waals surface area contributed by atoms with Crippen molar-refractivity contribution < 1.29 is 9.47 Å². The summed E-state index contributed by atoms with van der Waals surface area (Å²) in [6, 6.07) is 0.0890. The van der Waals surface area contributed by atoms with Gasteiger partial charge in [-0.05, 0) is 25.7 Å². The van der Waals surface area contributed by atoms with E-state index in [1.165, 1.54) is 6.42 Å². The number of hydrogen-bond donors (Lipinski definition) is 2. The highest BCUT2D eigenvalue weighted by Crippen LogP contribution is 2.14. The molecule has 106 valence electrons.